The third-order valence-corrected chi connectivity index (χ3v) is 1.17. The second-order valence-corrected chi connectivity index (χ2v) is 1.70. The molecule has 0 saturated carbocycles. The number of rotatable bonds is 0. The molecule has 2 radical (unpaired) electrons. The SMILES string of the molecule is N#CC1[C]SN=C1. The van der Waals surface area contributed by atoms with Gasteiger partial charge in [0.1, 0.15) is 5.92 Å². The van der Waals surface area contributed by atoms with Crippen LogP contribution in [0.25, 0.3) is 0 Å². The molecular weight excluding hydrogens is 108 g/mol. The van der Waals surface area contributed by atoms with E-state index in [4.69, 9.17) is 5.26 Å². The van der Waals surface area contributed by atoms with Gasteiger partial charge in [0.2, 0.25) is 0 Å². The van der Waals surface area contributed by atoms with E-state index >= 15 is 0 Å². The van der Waals surface area contributed by atoms with Crippen LogP contribution in [-0.2, 0) is 0 Å². The molecule has 0 aromatic rings. The second kappa shape index (κ2) is 1.99. The molecule has 0 aromatic heterocycles. The first kappa shape index (κ1) is 4.66. The summed E-state index contributed by atoms with van der Waals surface area (Å²) in [5.41, 5.74) is 0. The Labute approximate surface area is 46.4 Å². The highest BCUT2D eigenvalue weighted by atomic mass is 32.2. The largest absolute Gasteiger partial charge is 0.227 e. The fourth-order valence-corrected chi connectivity index (χ4v) is 0.739. The average molecular weight is 110 g/mol. The van der Waals surface area contributed by atoms with Crippen molar-refractivity contribution in [3.05, 3.63) is 5.75 Å². The average Bonchev–Trinajstić information content (AvgIpc) is 2.14. The molecular formula is C4H2N2S. The van der Waals surface area contributed by atoms with Gasteiger partial charge < -0.3 is 0 Å². The molecule has 2 nitrogen and oxygen atoms in total. The van der Waals surface area contributed by atoms with Gasteiger partial charge in [-0.05, 0) is 11.9 Å². The molecule has 0 amide bonds. The summed E-state index contributed by atoms with van der Waals surface area (Å²) in [7, 11) is 0. The van der Waals surface area contributed by atoms with Crippen LogP contribution in [0.5, 0.6) is 0 Å². The van der Waals surface area contributed by atoms with E-state index in [2.05, 4.69) is 10.2 Å². The second-order valence-electron chi connectivity index (χ2n) is 1.07. The highest BCUT2D eigenvalue weighted by Gasteiger charge is 2.09. The highest BCUT2D eigenvalue weighted by Crippen LogP contribution is 2.19. The Morgan fingerprint density at radius 3 is 3.14 bits per heavy atom. The predicted octanol–water partition coefficient (Wildman–Crippen LogP) is 0.898. The first-order valence-corrected chi connectivity index (χ1v) is 2.55. The number of hydrogen-bond acceptors (Lipinski definition) is 3. The molecule has 1 aliphatic heterocycles. The van der Waals surface area contributed by atoms with Crippen molar-refractivity contribution in [2.45, 2.75) is 0 Å². The van der Waals surface area contributed by atoms with E-state index in [0.717, 1.165) is 0 Å². The third kappa shape index (κ3) is 0.937. The molecule has 3 heteroatoms. The molecule has 1 aliphatic rings. The molecule has 1 atom stereocenters. The zero-order valence-corrected chi connectivity index (χ0v) is 4.27. The lowest BCUT2D eigenvalue weighted by molar-refractivity contribution is 1.17. The van der Waals surface area contributed by atoms with Gasteiger partial charge in [-0.15, -0.1) is 0 Å². The first-order valence-electron chi connectivity index (χ1n) is 1.78. The lowest BCUT2D eigenvalue weighted by Crippen LogP contribution is -1.88. The fourth-order valence-electron chi connectivity index (χ4n) is 0.269. The lowest BCUT2D eigenvalue weighted by atomic mass is 10.2. The van der Waals surface area contributed by atoms with Gasteiger partial charge in [-0.25, -0.2) is 4.40 Å². The van der Waals surface area contributed by atoms with Gasteiger partial charge in [0.15, 0.2) is 0 Å². The van der Waals surface area contributed by atoms with Crippen molar-refractivity contribution in [1.82, 2.24) is 0 Å². The van der Waals surface area contributed by atoms with Crippen LogP contribution in [0.4, 0.5) is 0 Å². The molecule has 34 valence electrons. The van der Waals surface area contributed by atoms with Crippen molar-refractivity contribution >= 4 is 18.2 Å². The Bertz CT molecular complexity index is 124. The molecule has 1 unspecified atom stereocenters. The van der Waals surface area contributed by atoms with Crippen molar-refractivity contribution in [3.63, 3.8) is 0 Å². The van der Waals surface area contributed by atoms with Crippen molar-refractivity contribution in [2.24, 2.45) is 10.3 Å². The Balaban J connectivity index is 2.47. The predicted molar refractivity (Wildman–Crippen MR) is 28.4 cm³/mol. The zero-order valence-electron chi connectivity index (χ0n) is 3.46. The number of nitriles is 1. The number of hydrogen-bond donors (Lipinski definition) is 0. The normalized spacial score (nSPS) is 27.6. The monoisotopic (exact) mass is 110 g/mol. The van der Waals surface area contributed by atoms with Crippen LogP contribution in [0, 0.1) is 23.0 Å². The van der Waals surface area contributed by atoms with Crippen LogP contribution in [0.3, 0.4) is 0 Å². The third-order valence-electron chi connectivity index (χ3n) is 0.581. The standard InChI is InChI=1S/C4H2N2S/c5-1-4-2-6-7-3-4/h2,4H. The summed E-state index contributed by atoms with van der Waals surface area (Å²) >= 11 is 1.20. The molecule has 0 bridgehead atoms. The van der Waals surface area contributed by atoms with Gasteiger partial charge in [-0.3, -0.25) is 0 Å². The zero-order chi connectivity index (χ0) is 5.11. The van der Waals surface area contributed by atoms with E-state index in [1.54, 1.807) is 6.21 Å². The summed E-state index contributed by atoms with van der Waals surface area (Å²) in [4.78, 5) is 0. The maximum Gasteiger partial charge on any atom is 0.102 e. The van der Waals surface area contributed by atoms with E-state index in [1.165, 1.54) is 11.9 Å². The van der Waals surface area contributed by atoms with Crippen molar-refractivity contribution in [1.29, 1.82) is 5.26 Å². The summed E-state index contributed by atoms with van der Waals surface area (Å²) < 4.78 is 3.69. The molecule has 0 saturated heterocycles. The summed E-state index contributed by atoms with van der Waals surface area (Å²) in [6.07, 6.45) is 1.57. The fraction of sp³-hybridized carbons (Fsp3) is 0.250. The van der Waals surface area contributed by atoms with Gasteiger partial charge >= 0.3 is 0 Å². The smallest absolute Gasteiger partial charge is 0.102 e. The van der Waals surface area contributed by atoms with E-state index in [9.17, 15) is 0 Å². The topological polar surface area (TPSA) is 36.1 Å². The van der Waals surface area contributed by atoms with Gasteiger partial charge in [0.25, 0.3) is 0 Å². The molecule has 0 aromatic carbocycles. The molecule has 1 heterocycles. The maximum absolute atomic E-state index is 8.15. The van der Waals surface area contributed by atoms with Crippen LogP contribution in [0.1, 0.15) is 0 Å². The Kier molecular flexibility index (Phi) is 1.32. The van der Waals surface area contributed by atoms with Crippen LogP contribution in [0.2, 0.25) is 0 Å². The summed E-state index contributed by atoms with van der Waals surface area (Å²) in [5.74, 6) is 2.56. The summed E-state index contributed by atoms with van der Waals surface area (Å²) in [6, 6.07) is 1.98. The van der Waals surface area contributed by atoms with Crippen molar-refractivity contribution < 1.29 is 0 Å². The van der Waals surface area contributed by atoms with Crippen LogP contribution < -0.4 is 0 Å². The van der Waals surface area contributed by atoms with Crippen LogP contribution >= 0.6 is 11.9 Å². The van der Waals surface area contributed by atoms with Crippen LogP contribution in [0.15, 0.2) is 4.40 Å². The summed E-state index contributed by atoms with van der Waals surface area (Å²) in [5, 5.41) is 8.15. The van der Waals surface area contributed by atoms with Gasteiger partial charge in [0.05, 0.1) is 11.8 Å². The molecule has 0 aliphatic carbocycles. The Morgan fingerprint density at radius 1 is 2.00 bits per heavy atom. The molecule has 1 rings (SSSR count). The van der Waals surface area contributed by atoms with Crippen molar-refractivity contribution in [3.8, 4) is 6.07 Å². The molecule has 0 spiro atoms. The Morgan fingerprint density at radius 2 is 2.86 bits per heavy atom. The quantitative estimate of drug-likeness (QED) is 0.434. The number of nitrogens with zero attached hydrogens (tertiary/aromatic N) is 2. The molecule has 0 N–H and O–H groups in total. The summed E-state index contributed by atoms with van der Waals surface area (Å²) in [6.45, 7) is 0. The van der Waals surface area contributed by atoms with E-state index < -0.39 is 0 Å². The highest BCUT2D eigenvalue weighted by molar-refractivity contribution is 8.00. The van der Waals surface area contributed by atoms with Crippen LogP contribution in [-0.4, -0.2) is 6.21 Å². The lowest BCUT2D eigenvalue weighted by Gasteiger charge is -1.80. The van der Waals surface area contributed by atoms with Gasteiger partial charge in [-0.1, -0.05) is 0 Å². The van der Waals surface area contributed by atoms with Gasteiger partial charge in [0, 0.05) is 6.21 Å². The minimum atomic E-state index is -0.176. The van der Waals surface area contributed by atoms with E-state index in [1.807, 2.05) is 6.07 Å². The molecule has 7 heavy (non-hydrogen) atoms. The Hall–Kier alpha value is -0.490. The van der Waals surface area contributed by atoms with Crippen molar-refractivity contribution in [2.75, 3.05) is 0 Å². The van der Waals surface area contributed by atoms with E-state index in [0.29, 0.717) is 0 Å². The maximum atomic E-state index is 8.15. The molecule has 0 fully saturated rings. The first-order chi connectivity index (χ1) is 3.43. The minimum Gasteiger partial charge on any atom is -0.227 e. The minimum absolute atomic E-state index is 0.176. The van der Waals surface area contributed by atoms with E-state index in [-0.39, 0.29) is 5.92 Å². The van der Waals surface area contributed by atoms with Gasteiger partial charge in [-0.2, -0.15) is 5.26 Å².